The molecular weight excluding hydrogens is 196 g/mol. The molecule has 0 amide bonds. The lowest BCUT2D eigenvalue weighted by Gasteiger charge is -1.84. The predicted octanol–water partition coefficient (Wildman–Crippen LogP) is 3.49. The van der Waals surface area contributed by atoms with Crippen LogP contribution in [0.25, 0.3) is 0 Å². The highest BCUT2D eigenvalue weighted by Gasteiger charge is 1.95. The van der Waals surface area contributed by atoms with E-state index >= 15 is 0 Å². The van der Waals surface area contributed by atoms with Gasteiger partial charge in [0.2, 0.25) is 0 Å². The molecule has 0 heterocycles. The average Bonchev–Trinajstić information content (AvgIpc) is 2.78. The zero-order valence-electron chi connectivity index (χ0n) is 9.18. The minimum atomic E-state index is -0.537. The maximum Gasteiger partial charge on any atom is 0.126 e. The first-order chi connectivity index (χ1) is 7.29. The molecule has 86 valence electrons. The summed E-state index contributed by atoms with van der Waals surface area (Å²) in [7, 11) is 1.50. The van der Waals surface area contributed by atoms with Crippen molar-refractivity contribution in [3.63, 3.8) is 0 Å². The van der Waals surface area contributed by atoms with Crippen molar-refractivity contribution in [1.82, 2.24) is 0 Å². The van der Waals surface area contributed by atoms with E-state index in [2.05, 4.69) is 5.73 Å². The molecule has 0 aliphatic heterocycles. The first-order valence-electron chi connectivity index (χ1n) is 5.28. The SMILES string of the molecule is C1CCCC1.CN.Fc1cccc(F)c1. The third kappa shape index (κ3) is 8.06. The Morgan fingerprint density at radius 3 is 1.40 bits per heavy atom. The minimum absolute atomic E-state index is 0.537. The van der Waals surface area contributed by atoms with Crippen molar-refractivity contribution in [2.24, 2.45) is 5.73 Å². The number of nitrogens with two attached hydrogens (primary N) is 1. The lowest BCUT2D eigenvalue weighted by molar-refractivity contribution is 0.583. The molecule has 1 aliphatic rings. The molecule has 2 rings (SSSR count). The highest BCUT2D eigenvalue weighted by Crippen LogP contribution is 2.15. The Bertz CT molecular complexity index is 222. The highest BCUT2D eigenvalue weighted by molar-refractivity contribution is 5.04. The van der Waals surface area contributed by atoms with E-state index in [1.807, 2.05) is 0 Å². The predicted molar refractivity (Wildman–Crippen MR) is 59.6 cm³/mol. The van der Waals surface area contributed by atoms with E-state index in [1.54, 1.807) is 0 Å². The normalized spacial score (nSPS) is 13.3. The van der Waals surface area contributed by atoms with Gasteiger partial charge in [0, 0.05) is 6.07 Å². The summed E-state index contributed by atoms with van der Waals surface area (Å²) in [6, 6.07) is 4.55. The van der Waals surface area contributed by atoms with Crippen molar-refractivity contribution >= 4 is 0 Å². The molecule has 1 aromatic carbocycles. The van der Waals surface area contributed by atoms with Crippen LogP contribution in [0.4, 0.5) is 8.78 Å². The highest BCUT2D eigenvalue weighted by atomic mass is 19.1. The summed E-state index contributed by atoms with van der Waals surface area (Å²) < 4.78 is 23.9. The monoisotopic (exact) mass is 215 g/mol. The molecule has 1 fully saturated rings. The van der Waals surface area contributed by atoms with E-state index in [-0.39, 0.29) is 0 Å². The summed E-state index contributed by atoms with van der Waals surface area (Å²) in [4.78, 5) is 0. The van der Waals surface area contributed by atoms with Gasteiger partial charge in [0.25, 0.3) is 0 Å². The Labute approximate surface area is 90.3 Å². The Balaban J connectivity index is 0.000000241. The van der Waals surface area contributed by atoms with Crippen molar-refractivity contribution in [3.05, 3.63) is 35.9 Å². The molecule has 1 aromatic rings. The number of rotatable bonds is 0. The molecule has 0 unspecified atom stereocenters. The Hall–Kier alpha value is -0.960. The van der Waals surface area contributed by atoms with Crippen LogP contribution in [0.3, 0.4) is 0 Å². The molecule has 3 heteroatoms. The first-order valence-corrected chi connectivity index (χ1v) is 5.28. The molecule has 0 radical (unpaired) electrons. The summed E-state index contributed by atoms with van der Waals surface area (Å²) in [6.45, 7) is 0. The van der Waals surface area contributed by atoms with Gasteiger partial charge in [-0.05, 0) is 19.2 Å². The summed E-state index contributed by atoms with van der Waals surface area (Å²) in [6.07, 6.45) is 7.50. The molecule has 0 saturated heterocycles. The van der Waals surface area contributed by atoms with E-state index in [9.17, 15) is 8.78 Å². The van der Waals surface area contributed by atoms with Gasteiger partial charge in [-0.1, -0.05) is 38.2 Å². The van der Waals surface area contributed by atoms with Gasteiger partial charge in [0.15, 0.2) is 0 Å². The van der Waals surface area contributed by atoms with Crippen LogP contribution in [0.5, 0.6) is 0 Å². The van der Waals surface area contributed by atoms with Gasteiger partial charge in [0.1, 0.15) is 11.6 Å². The fraction of sp³-hybridized carbons (Fsp3) is 0.500. The van der Waals surface area contributed by atoms with Crippen LogP contribution in [-0.2, 0) is 0 Å². The third-order valence-electron chi connectivity index (χ3n) is 2.04. The number of hydrogen-bond acceptors (Lipinski definition) is 1. The Morgan fingerprint density at radius 1 is 0.867 bits per heavy atom. The zero-order chi connectivity index (χ0) is 11.5. The maximum atomic E-state index is 11.9. The van der Waals surface area contributed by atoms with Crippen LogP contribution in [0.15, 0.2) is 24.3 Å². The summed E-state index contributed by atoms with van der Waals surface area (Å²) >= 11 is 0. The molecule has 1 aliphatic carbocycles. The number of benzene rings is 1. The van der Waals surface area contributed by atoms with Gasteiger partial charge in [-0.3, -0.25) is 0 Å². The topological polar surface area (TPSA) is 26.0 Å². The van der Waals surface area contributed by atoms with Crippen LogP contribution in [0.2, 0.25) is 0 Å². The quantitative estimate of drug-likeness (QED) is 0.704. The molecular formula is C12H19F2N. The second-order valence-electron chi connectivity index (χ2n) is 3.21. The molecule has 1 nitrogen and oxygen atoms in total. The zero-order valence-corrected chi connectivity index (χ0v) is 9.18. The van der Waals surface area contributed by atoms with Gasteiger partial charge in [-0.25, -0.2) is 8.78 Å². The molecule has 2 N–H and O–H groups in total. The van der Waals surface area contributed by atoms with Crippen molar-refractivity contribution in [3.8, 4) is 0 Å². The molecule has 15 heavy (non-hydrogen) atoms. The van der Waals surface area contributed by atoms with Crippen molar-refractivity contribution in [2.75, 3.05) is 7.05 Å². The smallest absolute Gasteiger partial charge is 0.126 e. The van der Waals surface area contributed by atoms with Crippen molar-refractivity contribution < 1.29 is 8.78 Å². The van der Waals surface area contributed by atoms with Crippen LogP contribution in [0.1, 0.15) is 32.1 Å². The molecule has 0 aromatic heterocycles. The Kier molecular flexibility index (Phi) is 8.98. The lowest BCUT2D eigenvalue weighted by Crippen LogP contribution is -1.73. The summed E-state index contributed by atoms with van der Waals surface area (Å²) in [5.41, 5.74) is 4.50. The third-order valence-corrected chi connectivity index (χ3v) is 2.04. The van der Waals surface area contributed by atoms with E-state index < -0.39 is 11.6 Å². The van der Waals surface area contributed by atoms with Crippen LogP contribution in [0, 0.1) is 11.6 Å². The largest absolute Gasteiger partial charge is 0.333 e. The van der Waals surface area contributed by atoms with Crippen molar-refractivity contribution in [2.45, 2.75) is 32.1 Å². The number of hydrogen-bond donors (Lipinski definition) is 1. The first kappa shape index (κ1) is 14.0. The molecule has 0 spiro atoms. The van der Waals surface area contributed by atoms with E-state index in [4.69, 9.17) is 0 Å². The summed E-state index contributed by atoms with van der Waals surface area (Å²) in [5.74, 6) is -1.07. The van der Waals surface area contributed by atoms with Crippen LogP contribution in [-0.4, -0.2) is 7.05 Å². The van der Waals surface area contributed by atoms with Gasteiger partial charge < -0.3 is 5.73 Å². The van der Waals surface area contributed by atoms with Crippen LogP contribution < -0.4 is 5.73 Å². The fourth-order valence-electron chi connectivity index (χ4n) is 1.34. The Morgan fingerprint density at radius 2 is 1.20 bits per heavy atom. The average molecular weight is 215 g/mol. The minimum Gasteiger partial charge on any atom is -0.333 e. The van der Waals surface area contributed by atoms with E-state index in [0.29, 0.717) is 0 Å². The van der Waals surface area contributed by atoms with Gasteiger partial charge in [-0.2, -0.15) is 0 Å². The van der Waals surface area contributed by atoms with E-state index in [1.165, 1.54) is 57.4 Å². The van der Waals surface area contributed by atoms with Crippen molar-refractivity contribution in [1.29, 1.82) is 0 Å². The second-order valence-corrected chi connectivity index (χ2v) is 3.21. The molecule has 1 saturated carbocycles. The summed E-state index contributed by atoms with van der Waals surface area (Å²) in [5, 5.41) is 0. The van der Waals surface area contributed by atoms with E-state index in [0.717, 1.165) is 6.07 Å². The van der Waals surface area contributed by atoms with Gasteiger partial charge >= 0.3 is 0 Å². The lowest BCUT2D eigenvalue weighted by atomic mass is 10.3. The standard InChI is InChI=1S/C6H4F2.C5H10.CH5N/c7-5-2-1-3-6(8)4-5;1-2-4-5-3-1;1-2/h1-4H;1-5H2;2H2,1H3. The second kappa shape index (κ2) is 9.59. The molecule has 0 atom stereocenters. The fourth-order valence-corrected chi connectivity index (χ4v) is 1.34. The van der Waals surface area contributed by atoms with Gasteiger partial charge in [-0.15, -0.1) is 0 Å². The number of halogens is 2. The van der Waals surface area contributed by atoms with Crippen LogP contribution >= 0.6 is 0 Å². The van der Waals surface area contributed by atoms with Gasteiger partial charge in [0.05, 0.1) is 0 Å². The molecule has 0 bridgehead atoms. The maximum absolute atomic E-state index is 11.9.